The molecule has 0 saturated carbocycles. The number of hydrogen-bond donors (Lipinski definition) is 2. The number of carbonyl (C=O) groups is 3. The molecule has 4 amide bonds. The average molecular weight is 597 g/mol. The van der Waals surface area contributed by atoms with Gasteiger partial charge in [-0.15, -0.1) is 0 Å². The van der Waals surface area contributed by atoms with Gasteiger partial charge in [0.2, 0.25) is 5.91 Å². The Bertz CT molecular complexity index is 1540. The van der Waals surface area contributed by atoms with Crippen molar-refractivity contribution in [3.05, 3.63) is 51.2 Å². The summed E-state index contributed by atoms with van der Waals surface area (Å²) in [5.74, 6) is -0.365. The molecule has 2 aromatic rings. The molecule has 3 aliphatic rings. The lowest BCUT2D eigenvalue weighted by Crippen LogP contribution is -2.35. The first-order valence-corrected chi connectivity index (χ1v) is 16.2. The van der Waals surface area contributed by atoms with Crippen LogP contribution in [0.15, 0.2) is 28.3 Å². The molecule has 1 aromatic carbocycles. The van der Waals surface area contributed by atoms with Crippen LogP contribution in [0.2, 0.25) is 0 Å². The Labute approximate surface area is 247 Å². The molecule has 0 radical (unpaired) electrons. The summed E-state index contributed by atoms with van der Waals surface area (Å²) in [6.07, 6.45) is 7.20. The van der Waals surface area contributed by atoms with E-state index in [2.05, 4.69) is 21.2 Å². The van der Waals surface area contributed by atoms with Crippen LogP contribution in [0.1, 0.15) is 73.9 Å². The number of aryl methyl sites for hydroxylation is 3. The fourth-order valence-corrected chi connectivity index (χ4v) is 7.35. The predicted octanol–water partition coefficient (Wildman–Crippen LogP) is 3.22. The lowest BCUT2D eigenvalue weighted by molar-refractivity contribution is -0.141. The highest BCUT2D eigenvalue weighted by atomic mass is 32.2. The van der Waals surface area contributed by atoms with Crippen LogP contribution in [0.5, 0.6) is 0 Å². The highest BCUT2D eigenvalue weighted by Gasteiger charge is 2.31. The lowest BCUT2D eigenvalue weighted by Gasteiger charge is -2.18. The number of nitrogens with zero attached hydrogens (tertiary/aromatic N) is 4. The molecule has 2 N–H and O–H groups in total. The maximum Gasteiger partial charge on any atom is 0.333 e. The highest BCUT2D eigenvalue weighted by Crippen LogP contribution is 2.38. The van der Waals surface area contributed by atoms with Crippen LogP contribution in [-0.2, 0) is 58.9 Å². The second-order valence-corrected chi connectivity index (χ2v) is 13.3. The lowest BCUT2D eigenvalue weighted by atomic mass is 9.99. The van der Waals surface area contributed by atoms with Gasteiger partial charge in [-0.05, 0) is 99.7 Å². The first-order valence-electron chi connectivity index (χ1n) is 14.7. The molecule has 0 fully saturated rings. The molecule has 1 aliphatic heterocycles. The average Bonchev–Trinajstić information content (AvgIpc) is 3.71. The number of nitrogens with one attached hydrogen (secondary N) is 2. The normalized spacial score (nSPS) is 16.4. The van der Waals surface area contributed by atoms with E-state index in [1.54, 1.807) is 7.05 Å². The van der Waals surface area contributed by atoms with Crippen molar-refractivity contribution < 1.29 is 22.8 Å². The maximum absolute atomic E-state index is 13.1. The van der Waals surface area contributed by atoms with Crippen molar-refractivity contribution in [3.8, 4) is 0 Å². The monoisotopic (exact) mass is 596 g/mol. The predicted molar refractivity (Wildman–Crippen MR) is 158 cm³/mol. The number of carbonyl (C=O) groups excluding carboxylic acids is 3. The van der Waals surface area contributed by atoms with Crippen molar-refractivity contribution in [2.45, 2.75) is 83.2 Å². The molecule has 11 nitrogen and oxygen atoms in total. The van der Waals surface area contributed by atoms with Gasteiger partial charge in [0.1, 0.15) is 0 Å². The molecule has 2 aliphatic carbocycles. The van der Waals surface area contributed by atoms with Gasteiger partial charge in [0.25, 0.3) is 15.9 Å². The van der Waals surface area contributed by atoms with Gasteiger partial charge in [0.15, 0.2) is 5.03 Å². The van der Waals surface area contributed by atoms with Crippen molar-refractivity contribution in [2.75, 3.05) is 25.5 Å². The van der Waals surface area contributed by atoms with E-state index >= 15 is 0 Å². The van der Waals surface area contributed by atoms with Gasteiger partial charge in [0.05, 0.1) is 12.2 Å². The van der Waals surface area contributed by atoms with E-state index in [0.717, 1.165) is 66.5 Å². The molecule has 0 unspecified atom stereocenters. The van der Waals surface area contributed by atoms with Crippen LogP contribution < -0.4 is 10.0 Å². The largest absolute Gasteiger partial charge is 0.333 e. The van der Waals surface area contributed by atoms with Gasteiger partial charge in [-0.1, -0.05) is 13.0 Å². The van der Waals surface area contributed by atoms with Crippen LogP contribution in [0.3, 0.4) is 0 Å². The van der Waals surface area contributed by atoms with Crippen LogP contribution in [-0.4, -0.2) is 66.0 Å². The van der Waals surface area contributed by atoms with E-state index in [4.69, 9.17) is 0 Å². The third-order valence-electron chi connectivity index (χ3n) is 8.60. The molecule has 12 heteroatoms. The Kier molecular flexibility index (Phi) is 8.56. The Hall–Kier alpha value is -3.51. The number of urea groups is 1. The summed E-state index contributed by atoms with van der Waals surface area (Å²) < 4.78 is 29.8. The molecule has 0 atom stereocenters. The molecule has 0 saturated heterocycles. The summed E-state index contributed by atoms with van der Waals surface area (Å²) >= 11 is 0. The topological polar surface area (TPSA) is 134 Å². The number of anilines is 1. The fourth-order valence-electron chi connectivity index (χ4n) is 6.43. The zero-order chi connectivity index (χ0) is 30.2. The van der Waals surface area contributed by atoms with Gasteiger partial charge in [0, 0.05) is 37.3 Å². The van der Waals surface area contributed by atoms with Crippen molar-refractivity contribution in [1.82, 2.24) is 24.3 Å². The van der Waals surface area contributed by atoms with Crippen LogP contribution in [0, 0.1) is 0 Å². The third-order valence-corrected chi connectivity index (χ3v) is 9.80. The van der Waals surface area contributed by atoms with Gasteiger partial charge in [-0.2, -0.15) is 13.5 Å². The molecule has 2 heterocycles. The molecule has 0 spiro atoms. The number of rotatable bonds is 10. The van der Waals surface area contributed by atoms with Crippen LogP contribution >= 0.6 is 0 Å². The fraction of sp³-hybridized carbons (Fsp3) is 0.533. The Morgan fingerprint density at radius 2 is 1.74 bits per heavy atom. The summed E-state index contributed by atoms with van der Waals surface area (Å²) in [5.41, 5.74) is 7.84. The summed E-state index contributed by atoms with van der Waals surface area (Å²) in [6, 6.07) is 2.92. The number of sulfonamides is 1. The zero-order valence-corrected chi connectivity index (χ0v) is 25.7. The van der Waals surface area contributed by atoms with E-state index in [0.29, 0.717) is 38.2 Å². The Morgan fingerprint density at radius 1 is 1.07 bits per heavy atom. The molecular weight excluding hydrogens is 556 g/mol. The van der Waals surface area contributed by atoms with E-state index in [1.807, 2.05) is 25.8 Å². The minimum atomic E-state index is -4.20. The molecule has 0 bridgehead atoms. The molecule has 226 valence electrons. The first-order chi connectivity index (χ1) is 20.0. The van der Waals surface area contributed by atoms with Crippen LogP contribution in [0.25, 0.3) is 0 Å². The number of aromatic nitrogens is 2. The summed E-state index contributed by atoms with van der Waals surface area (Å²) in [5, 5.41) is 6.79. The zero-order valence-electron chi connectivity index (χ0n) is 24.9. The maximum atomic E-state index is 13.1. The quantitative estimate of drug-likeness (QED) is 0.430. The second kappa shape index (κ2) is 12.0. The van der Waals surface area contributed by atoms with Crippen molar-refractivity contribution in [3.63, 3.8) is 0 Å². The van der Waals surface area contributed by atoms with Crippen molar-refractivity contribution >= 4 is 33.6 Å². The first kappa shape index (κ1) is 30.0. The van der Waals surface area contributed by atoms with Crippen molar-refractivity contribution in [1.29, 1.82) is 0 Å². The summed E-state index contributed by atoms with van der Waals surface area (Å²) in [4.78, 5) is 41.3. The number of benzene rings is 1. The smallest absolute Gasteiger partial charge is 0.307 e. The Balaban J connectivity index is 1.15. The van der Waals surface area contributed by atoms with Gasteiger partial charge < -0.3 is 10.2 Å². The standard InChI is InChI=1S/C30H40N6O5S/c1-5-23-19(2)17-36(29(23)38)27(37)13-8-14-34(3)18-22-16-26(32-35(22)4)42(40,41)33-30(39)31-28-24-11-6-9-20(24)15-21-10-7-12-25(21)28/h15-16H,5-14,17-18H2,1-4H3,(H2,31,33,39). The summed E-state index contributed by atoms with van der Waals surface area (Å²) in [6.45, 7) is 5.14. The van der Waals surface area contributed by atoms with Crippen LogP contribution in [0.4, 0.5) is 10.5 Å². The highest BCUT2D eigenvalue weighted by molar-refractivity contribution is 7.90. The number of fused-ring (bicyclic) bond motifs is 2. The molecule has 42 heavy (non-hydrogen) atoms. The number of hydrogen-bond acceptors (Lipinski definition) is 7. The van der Waals surface area contributed by atoms with E-state index in [1.165, 1.54) is 26.8 Å². The molecular formula is C30H40N6O5S. The minimum absolute atomic E-state index is 0.181. The van der Waals surface area contributed by atoms with E-state index in [-0.39, 0.29) is 23.3 Å². The molecule has 5 rings (SSSR count). The number of imide groups is 1. The van der Waals surface area contributed by atoms with Gasteiger partial charge >= 0.3 is 6.03 Å². The van der Waals surface area contributed by atoms with Crippen molar-refractivity contribution in [2.24, 2.45) is 7.05 Å². The van der Waals surface area contributed by atoms with E-state index < -0.39 is 16.1 Å². The SMILES string of the molecule is CCC1=C(C)CN(C(=O)CCCN(C)Cc2cc(S(=O)(=O)NC(=O)Nc3c4c(cc5c3CCC5)CCC4)nn2C)C1=O. The van der Waals surface area contributed by atoms with Gasteiger partial charge in [-0.25, -0.2) is 9.52 Å². The molecule has 1 aromatic heterocycles. The number of amides is 4. The van der Waals surface area contributed by atoms with E-state index in [9.17, 15) is 22.8 Å². The third kappa shape index (κ3) is 6.00. The van der Waals surface area contributed by atoms with Gasteiger partial charge in [-0.3, -0.25) is 19.2 Å². The minimum Gasteiger partial charge on any atom is -0.307 e. The second-order valence-electron chi connectivity index (χ2n) is 11.6. The Morgan fingerprint density at radius 3 is 2.36 bits per heavy atom. The summed E-state index contributed by atoms with van der Waals surface area (Å²) in [7, 11) is -0.672.